The maximum atomic E-state index is 12.5. The Morgan fingerprint density at radius 3 is 2.45 bits per heavy atom. The van der Waals surface area contributed by atoms with Crippen LogP contribution < -0.4 is 25.6 Å². The number of anilines is 5. The summed E-state index contributed by atoms with van der Waals surface area (Å²) in [6.45, 7) is 10.1. The number of nitrogens with one attached hydrogen (secondary N) is 2. The van der Waals surface area contributed by atoms with Crippen LogP contribution in [-0.4, -0.2) is 92.6 Å². The first-order chi connectivity index (χ1) is 19.2. The molecule has 1 aromatic heterocycles. The molecule has 2 aromatic carbocycles. The molecule has 3 heterocycles. The topological polar surface area (TPSA) is 85.9 Å². The van der Waals surface area contributed by atoms with Crippen molar-refractivity contribution in [2.75, 3.05) is 82.3 Å². The van der Waals surface area contributed by atoms with Gasteiger partial charge < -0.3 is 29.7 Å². The lowest BCUT2D eigenvalue weighted by Crippen LogP contribution is -2.53. The van der Waals surface area contributed by atoms with Crippen molar-refractivity contribution < 1.29 is 9.30 Å². The van der Waals surface area contributed by atoms with Gasteiger partial charge in [-0.2, -0.15) is 4.98 Å². The van der Waals surface area contributed by atoms with Crippen LogP contribution in [0.15, 0.2) is 48.7 Å². The number of hydrogen-bond acceptors (Lipinski definition) is 9. The average molecular weight is 584 g/mol. The van der Waals surface area contributed by atoms with Gasteiger partial charge in [0.2, 0.25) is 5.95 Å². The molecule has 2 fully saturated rings. The van der Waals surface area contributed by atoms with Crippen LogP contribution in [0.5, 0.6) is 5.75 Å². The number of rotatable bonds is 8. The first kappa shape index (κ1) is 28.7. The third-order valence-electron chi connectivity index (χ3n) is 7.79. The molecule has 0 radical (unpaired) electrons. The van der Waals surface area contributed by atoms with E-state index in [1.165, 1.54) is 25.9 Å². The van der Waals surface area contributed by atoms with Crippen molar-refractivity contribution in [2.45, 2.75) is 18.9 Å². The van der Waals surface area contributed by atoms with Crippen LogP contribution in [-0.2, 0) is 4.57 Å². The molecule has 9 nitrogen and oxygen atoms in total. The number of piperazine rings is 1. The summed E-state index contributed by atoms with van der Waals surface area (Å²) in [4.78, 5) is 16.5. The summed E-state index contributed by atoms with van der Waals surface area (Å²) in [6.07, 6.45) is 4.08. The van der Waals surface area contributed by atoms with Gasteiger partial charge in [-0.05, 0) is 70.6 Å². The normalized spacial score (nSPS) is 17.6. The largest absolute Gasteiger partial charge is 0.494 e. The molecule has 2 aliphatic rings. The van der Waals surface area contributed by atoms with E-state index >= 15 is 0 Å². The van der Waals surface area contributed by atoms with E-state index in [1.807, 2.05) is 30.3 Å². The Morgan fingerprint density at radius 2 is 1.75 bits per heavy atom. The molecule has 2 aliphatic heterocycles. The lowest BCUT2D eigenvalue weighted by Gasteiger charge is -2.43. The number of benzene rings is 2. The molecule has 0 aliphatic carbocycles. The average Bonchev–Trinajstić information content (AvgIpc) is 2.95. The van der Waals surface area contributed by atoms with Crippen molar-refractivity contribution in [3.63, 3.8) is 0 Å². The predicted octanol–water partition coefficient (Wildman–Crippen LogP) is 5.09. The molecule has 2 N–H and O–H groups in total. The van der Waals surface area contributed by atoms with E-state index in [0.717, 1.165) is 54.3 Å². The summed E-state index contributed by atoms with van der Waals surface area (Å²) in [5.41, 5.74) is 2.67. The fourth-order valence-corrected chi connectivity index (χ4v) is 6.41. The number of nitrogens with zero attached hydrogens (tertiary/aromatic N) is 5. The smallest absolute Gasteiger partial charge is 0.229 e. The summed E-state index contributed by atoms with van der Waals surface area (Å²) in [5, 5.41) is 7.68. The van der Waals surface area contributed by atoms with Crippen LogP contribution in [0.4, 0.5) is 28.8 Å². The second-order valence-electron chi connectivity index (χ2n) is 11.0. The number of methoxy groups -OCH3 is 1. The predicted molar refractivity (Wildman–Crippen MR) is 166 cm³/mol. The van der Waals surface area contributed by atoms with Gasteiger partial charge in [-0.3, -0.25) is 4.90 Å². The molecule has 40 heavy (non-hydrogen) atoms. The zero-order chi connectivity index (χ0) is 28.3. The number of piperidine rings is 1. The number of likely N-dealkylation sites (tertiary alicyclic amines) is 1. The van der Waals surface area contributed by atoms with Gasteiger partial charge in [-0.1, -0.05) is 23.7 Å². The zero-order valence-electron chi connectivity index (χ0n) is 23.7. The molecule has 214 valence electrons. The first-order valence-electron chi connectivity index (χ1n) is 13.8. The highest BCUT2D eigenvalue weighted by molar-refractivity contribution is 7.70. The van der Waals surface area contributed by atoms with Crippen molar-refractivity contribution in [1.82, 2.24) is 19.8 Å². The number of ether oxygens (including phenoxy) is 1. The van der Waals surface area contributed by atoms with Gasteiger partial charge in [0.1, 0.15) is 17.9 Å². The Hall–Kier alpha value is -2.84. The fraction of sp³-hybridized carbons (Fsp3) is 0.448. The fourth-order valence-electron chi connectivity index (χ4n) is 5.38. The third-order valence-corrected chi connectivity index (χ3v) is 9.59. The summed E-state index contributed by atoms with van der Waals surface area (Å²) < 4.78 is 18.3. The van der Waals surface area contributed by atoms with Gasteiger partial charge >= 0.3 is 0 Å². The van der Waals surface area contributed by atoms with Crippen LogP contribution >= 0.6 is 18.7 Å². The summed E-state index contributed by atoms with van der Waals surface area (Å²) in [7, 11) is 1.50. The molecule has 0 atom stereocenters. The van der Waals surface area contributed by atoms with Crippen LogP contribution in [0, 0.1) is 0 Å². The Labute approximate surface area is 242 Å². The summed E-state index contributed by atoms with van der Waals surface area (Å²) in [6, 6.07) is 14.4. The van der Waals surface area contributed by atoms with Gasteiger partial charge in [0.05, 0.1) is 19.0 Å². The van der Waals surface area contributed by atoms with Gasteiger partial charge in [-0.15, -0.1) is 0 Å². The summed E-state index contributed by atoms with van der Waals surface area (Å²) >= 11 is 6.40. The third kappa shape index (κ3) is 6.89. The molecule has 0 bridgehead atoms. The SMILES string of the molecule is COc1cc(N2CCN(C3CCN(C)CC3)CC2)ccc1Nc1ncc(Cl)c(Nc2cccc(P(C)(C)=O)c2)n1. The molecule has 0 unspecified atom stereocenters. The monoisotopic (exact) mass is 583 g/mol. The molecule has 3 aromatic rings. The molecular formula is C29H39ClN7O2P. The highest BCUT2D eigenvalue weighted by Crippen LogP contribution is 2.36. The quantitative estimate of drug-likeness (QED) is 0.352. The standard InChI is InChI=1S/C29H39ClN7O2P/c1-35-12-10-22(11-13-35)36-14-16-37(17-15-36)23-8-9-26(27(19-23)39-2)33-29-31-20-25(30)28(34-29)32-21-6-5-7-24(18-21)40(3,4)38/h5-9,18-20,22H,10-17H2,1-4H3,(H2,31,32,33,34). The van der Waals surface area contributed by atoms with Crippen molar-refractivity contribution in [3.8, 4) is 5.75 Å². The van der Waals surface area contributed by atoms with E-state index in [1.54, 1.807) is 26.6 Å². The van der Waals surface area contributed by atoms with E-state index in [-0.39, 0.29) is 0 Å². The maximum Gasteiger partial charge on any atom is 0.229 e. The van der Waals surface area contributed by atoms with E-state index in [2.05, 4.69) is 54.5 Å². The molecular weight excluding hydrogens is 545 g/mol. The number of halogens is 1. The van der Waals surface area contributed by atoms with Gasteiger partial charge in [0, 0.05) is 55.0 Å². The van der Waals surface area contributed by atoms with Gasteiger partial charge in [-0.25, -0.2) is 4.98 Å². The van der Waals surface area contributed by atoms with Crippen molar-refractivity contribution in [2.24, 2.45) is 0 Å². The molecule has 11 heteroatoms. The van der Waals surface area contributed by atoms with E-state index in [9.17, 15) is 4.57 Å². The highest BCUT2D eigenvalue weighted by atomic mass is 35.5. The zero-order valence-corrected chi connectivity index (χ0v) is 25.4. The van der Waals surface area contributed by atoms with Gasteiger partial charge in [0.15, 0.2) is 5.82 Å². The number of aromatic nitrogens is 2. The Balaban J connectivity index is 1.25. The number of hydrogen-bond donors (Lipinski definition) is 2. The van der Waals surface area contributed by atoms with Crippen LogP contribution in [0.2, 0.25) is 5.02 Å². The van der Waals surface area contributed by atoms with Crippen molar-refractivity contribution >= 4 is 52.9 Å². The lowest BCUT2D eigenvalue weighted by atomic mass is 10.0. The van der Waals surface area contributed by atoms with Crippen LogP contribution in [0.1, 0.15) is 12.8 Å². The first-order valence-corrected chi connectivity index (χ1v) is 16.8. The highest BCUT2D eigenvalue weighted by Gasteiger charge is 2.27. The summed E-state index contributed by atoms with van der Waals surface area (Å²) in [5.74, 6) is 1.56. The minimum Gasteiger partial charge on any atom is -0.494 e. The van der Waals surface area contributed by atoms with E-state index in [4.69, 9.17) is 16.3 Å². The minimum atomic E-state index is -2.39. The molecule has 0 amide bonds. The van der Waals surface area contributed by atoms with E-state index in [0.29, 0.717) is 22.8 Å². The Morgan fingerprint density at radius 1 is 1.00 bits per heavy atom. The van der Waals surface area contributed by atoms with Crippen LogP contribution in [0.3, 0.4) is 0 Å². The van der Waals surface area contributed by atoms with Gasteiger partial charge in [0.25, 0.3) is 0 Å². The lowest BCUT2D eigenvalue weighted by molar-refractivity contribution is 0.115. The minimum absolute atomic E-state index is 0.383. The van der Waals surface area contributed by atoms with E-state index < -0.39 is 7.14 Å². The van der Waals surface area contributed by atoms with Crippen LogP contribution in [0.25, 0.3) is 0 Å². The second-order valence-corrected chi connectivity index (χ2v) is 14.6. The molecule has 5 rings (SSSR count). The molecule has 0 saturated carbocycles. The van der Waals surface area contributed by atoms with Crippen molar-refractivity contribution in [1.29, 1.82) is 0 Å². The Kier molecular flexibility index (Phi) is 8.86. The molecule has 0 spiro atoms. The van der Waals surface area contributed by atoms with Crippen molar-refractivity contribution in [3.05, 3.63) is 53.7 Å². The maximum absolute atomic E-state index is 12.5. The Bertz CT molecular complexity index is 1370. The second kappa shape index (κ2) is 12.4. The molecule has 2 saturated heterocycles.